The van der Waals surface area contributed by atoms with Gasteiger partial charge in [-0.05, 0) is 104 Å². The highest BCUT2D eigenvalue weighted by Crippen LogP contribution is 2.66. The molecule has 0 spiro atoms. The summed E-state index contributed by atoms with van der Waals surface area (Å²) in [5.74, 6) is 4.76. The molecule has 3 unspecified atom stereocenters. The summed E-state index contributed by atoms with van der Waals surface area (Å²) < 4.78 is 0. The minimum absolute atomic E-state index is 0.0383. The van der Waals surface area contributed by atoms with Gasteiger partial charge in [0, 0.05) is 0 Å². The van der Waals surface area contributed by atoms with Crippen molar-refractivity contribution < 1.29 is 5.11 Å². The number of rotatable bonds is 7. The molecular weight excluding hydrogens is 376 g/mol. The molecule has 31 heavy (non-hydrogen) atoms. The van der Waals surface area contributed by atoms with Crippen molar-refractivity contribution in [3.8, 4) is 0 Å². The lowest BCUT2D eigenvalue weighted by molar-refractivity contribution is -0.0871. The smallest absolute Gasteiger partial charge is 0.0571 e. The molecule has 4 rings (SSSR count). The minimum atomic E-state index is -0.0383. The van der Waals surface area contributed by atoms with Crippen LogP contribution in [0.4, 0.5) is 0 Å². The molecule has 0 saturated heterocycles. The summed E-state index contributed by atoms with van der Waals surface area (Å²) in [6.07, 6.45) is 17.3. The number of aliphatic hydroxyl groups excluding tert-OH is 1. The summed E-state index contributed by atoms with van der Waals surface area (Å²) >= 11 is 0. The van der Waals surface area contributed by atoms with E-state index in [1.165, 1.54) is 77.0 Å². The fraction of sp³-hybridized carbons (Fsp3) is 0.933. The van der Waals surface area contributed by atoms with E-state index < -0.39 is 0 Å². The average Bonchev–Trinajstić information content (AvgIpc) is 3.07. The number of aliphatic hydroxyl groups is 1. The highest BCUT2D eigenvalue weighted by atomic mass is 16.3. The van der Waals surface area contributed by atoms with Crippen LogP contribution in [0.15, 0.2) is 11.1 Å². The molecular formula is C30H52O. The number of hydrogen-bond acceptors (Lipinski definition) is 1. The van der Waals surface area contributed by atoms with Crippen molar-refractivity contribution in [2.24, 2.45) is 46.3 Å². The van der Waals surface area contributed by atoms with Crippen LogP contribution in [0.2, 0.25) is 0 Å². The molecule has 1 N–H and O–H groups in total. The lowest BCUT2D eigenvalue weighted by Gasteiger charge is -2.59. The molecule has 3 saturated carbocycles. The van der Waals surface area contributed by atoms with Gasteiger partial charge in [0.25, 0.3) is 0 Å². The molecule has 3 fully saturated rings. The SMILES string of the molecule is CCCC1C(O)CC[C@@]2(C)C1CCC1=C3CC[C@H]([C@H](C)CCCC(C)C)[C@@]3(C)CC[C@@H]12. The van der Waals surface area contributed by atoms with Crippen molar-refractivity contribution >= 4 is 0 Å². The maximum Gasteiger partial charge on any atom is 0.0571 e. The van der Waals surface area contributed by atoms with Gasteiger partial charge in [-0.1, -0.05) is 78.4 Å². The number of hydrogen-bond donors (Lipinski definition) is 1. The summed E-state index contributed by atoms with van der Waals surface area (Å²) in [7, 11) is 0. The second-order valence-corrected chi connectivity index (χ2v) is 13.2. The third-order valence-corrected chi connectivity index (χ3v) is 11.1. The summed E-state index contributed by atoms with van der Waals surface area (Å²) in [5, 5.41) is 10.8. The molecule has 1 nitrogen and oxygen atoms in total. The van der Waals surface area contributed by atoms with E-state index in [-0.39, 0.29) is 6.10 Å². The normalized spacial score (nSPS) is 43.5. The fourth-order valence-corrected chi connectivity index (χ4v) is 9.46. The first-order valence-corrected chi connectivity index (χ1v) is 14.1. The predicted octanol–water partition coefficient (Wildman–Crippen LogP) is 8.56. The van der Waals surface area contributed by atoms with Crippen LogP contribution in [0.5, 0.6) is 0 Å². The zero-order valence-electron chi connectivity index (χ0n) is 21.7. The predicted molar refractivity (Wildman–Crippen MR) is 133 cm³/mol. The average molecular weight is 429 g/mol. The monoisotopic (exact) mass is 428 g/mol. The van der Waals surface area contributed by atoms with Crippen molar-refractivity contribution in [1.29, 1.82) is 0 Å². The van der Waals surface area contributed by atoms with Crippen LogP contribution in [-0.4, -0.2) is 11.2 Å². The molecule has 0 aromatic carbocycles. The minimum Gasteiger partial charge on any atom is -0.393 e. The molecule has 0 heterocycles. The summed E-state index contributed by atoms with van der Waals surface area (Å²) in [5.41, 5.74) is 4.80. The zero-order valence-corrected chi connectivity index (χ0v) is 21.7. The van der Waals surface area contributed by atoms with Gasteiger partial charge in [-0.2, -0.15) is 0 Å². The van der Waals surface area contributed by atoms with Gasteiger partial charge in [0.1, 0.15) is 0 Å². The Balaban J connectivity index is 1.55. The molecule has 8 atom stereocenters. The van der Waals surface area contributed by atoms with Crippen LogP contribution in [0.3, 0.4) is 0 Å². The van der Waals surface area contributed by atoms with Gasteiger partial charge in [-0.3, -0.25) is 0 Å². The molecule has 4 aliphatic carbocycles. The quantitative estimate of drug-likeness (QED) is 0.403. The largest absolute Gasteiger partial charge is 0.393 e. The van der Waals surface area contributed by atoms with E-state index in [1.807, 2.05) is 11.1 Å². The second kappa shape index (κ2) is 9.15. The lowest BCUT2D eigenvalue weighted by Crippen LogP contribution is -2.52. The van der Waals surface area contributed by atoms with Gasteiger partial charge in [-0.15, -0.1) is 0 Å². The Morgan fingerprint density at radius 1 is 0.968 bits per heavy atom. The van der Waals surface area contributed by atoms with Gasteiger partial charge in [0.15, 0.2) is 0 Å². The number of allylic oxidation sites excluding steroid dienone is 2. The van der Waals surface area contributed by atoms with E-state index in [0.717, 1.165) is 36.0 Å². The maximum absolute atomic E-state index is 10.8. The molecule has 4 aliphatic rings. The van der Waals surface area contributed by atoms with Crippen molar-refractivity contribution in [2.45, 2.75) is 131 Å². The third kappa shape index (κ3) is 4.08. The molecule has 0 aromatic rings. The fourth-order valence-electron chi connectivity index (χ4n) is 9.46. The highest BCUT2D eigenvalue weighted by Gasteiger charge is 2.57. The van der Waals surface area contributed by atoms with Crippen molar-refractivity contribution in [3.63, 3.8) is 0 Å². The molecule has 1 heteroatoms. The standard InChI is InChI=1S/C30H52O/c1-7-9-23-26-13-12-22-25-15-14-24(21(4)11-8-10-20(2)3)29(25,5)18-16-27(22)30(26,6)19-17-28(23)31/h20-21,23-24,26-28,31H,7-19H2,1-6H3/t21-,23?,24-,26?,27+,28?,29-,30+/m1/s1. The lowest BCUT2D eigenvalue weighted by atomic mass is 9.46. The molecule has 0 radical (unpaired) electrons. The van der Waals surface area contributed by atoms with Gasteiger partial charge in [-0.25, -0.2) is 0 Å². The Hall–Kier alpha value is -0.300. The van der Waals surface area contributed by atoms with Crippen LogP contribution in [0.25, 0.3) is 0 Å². The Kier molecular flexibility index (Phi) is 7.04. The van der Waals surface area contributed by atoms with Crippen molar-refractivity contribution in [1.82, 2.24) is 0 Å². The van der Waals surface area contributed by atoms with E-state index in [2.05, 4.69) is 41.5 Å². The van der Waals surface area contributed by atoms with Gasteiger partial charge in [0.2, 0.25) is 0 Å². The topological polar surface area (TPSA) is 20.2 Å². The van der Waals surface area contributed by atoms with E-state index >= 15 is 0 Å². The van der Waals surface area contributed by atoms with Crippen LogP contribution in [-0.2, 0) is 0 Å². The summed E-state index contributed by atoms with van der Waals surface area (Å²) in [6.45, 7) is 14.9. The first-order chi connectivity index (χ1) is 14.7. The van der Waals surface area contributed by atoms with E-state index in [1.54, 1.807) is 0 Å². The highest BCUT2D eigenvalue weighted by molar-refractivity contribution is 5.35. The van der Waals surface area contributed by atoms with Crippen molar-refractivity contribution in [2.75, 3.05) is 0 Å². The number of fused-ring (bicyclic) bond motifs is 4. The Labute approximate surface area is 193 Å². The molecule has 178 valence electrons. The molecule has 0 aromatic heterocycles. The van der Waals surface area contributed by atoms with Crippen molar-refractivity contribution in [3.05, 3.63) is 11.1 Å². The first-order valence-electron chi connectivity index (χ1n) is 14.1. The molecule has 0 aliphatic heterocycles. The summed E-state index contributed by atoms with van der Waals surface area (Å²) in [4.78, 5) is 0. The van der Waals surface area contributed by atoms with Gasteiger partial charge >= 0.3 is 0 Å². The molecule has 0 bridgehead atoms. The summed E-state index contributed by atoms with van der Waals surface area (Å²) in [6, 6.07) is 0. The Bertz CT molecular complexity index is 661. The van der Waals surface area contributed by atoms with Gasteiger partial charge in [0.05, 0.1) is 6.10 Å². The van der Waals surface area contributed by atoms with Crippen LogP contribution in [0, 0.1) is 46.3 Å². The van der Waals surface area contributed by atoms with Crippen LogP contribution < -0.4 is 0 Å². The second-order valence-electron chi connectivity index (χ2n) is 13.2. The maximum atomic E-state index is 10.8. The third-order valence-electron chi connectivity index (χ3n) is 11.1. The van der Waals surface area contributed by atoms with Crippen LogP contribution >= 0.6 is 0 Å². The van der Waals surface area contributed by atoms with Crippen LogP contribution in [0.1, 0.15) is 125 Å². The van der Waals surface area contributed by atoms with Gasteiger partial charge < -0.3 is 5.11 Å². The zero-order chi connectivity index (χ0) is 22.4. The first kappa shape index (κ1) is 23.8. The molecule has 0 amide bonds. The van der Waals surface area contributed by atoms with E-state index in [4.69, 9.17) is 0 Å². The van der Waals surface area contributed by atoms with E-state index in [9.17, 15) is 5.11 Å². The van der Waals surface area contributed by atoms with E-state index in [0.29, 0.717) is 16.7 Å². The Morgan fingerprint density at radius 2 is 1.74 bits per heavy atom. The Morgan fingerprint density at radius 3 is 2.45 bits per heavy atom.